The molecule has 0 saturated carbocycles. The van der Waals surface area contributed by atoms with E-state index in [4.69, 9.17) is 16.3 Å². The van der Waals surface area contributed by atoms with Gasteiger partial charge in [0.05, 0.1) is 16.1 Å². The highest BCUT2D eigenvalue weighted by atomic mass is 35.5. The van der Waals surface area contributed by atoms with E-state index in [2.05, 4.69) is 10.6 Å². The summed E-state index contributed by atoms with van der Waals surface area (Å²) in [5.41, 5.74) is -0.119. The molecule has 8 heteroatoms. The van der Waals surface area contributed by atoms with Crippen molar-refractivity contribution in [2.75, 3.05) is 5.32 Å². The van der Waals surface area contributed by atoms with Crippen LogP contribution < -0.4 is 10.6 Å². The van der Waals surface area contributed by atoms with Crippen LogP contribution in [0, 0.1) is 0 Å². The fourth-order valence-corrected chi connectivity index (χ4v) is 2.93. The normalized spacial score (nSPS) is 12.2. The van der Waals surface area contributed by atoms with Crippen LogP contribution in [0.1, 0.15) is 47.7 Å². The second kappa shape index (κ2) is 8.54. The van der Waals surface area contributed by atoms with Crippen LogP contribution >= 0.6 is 22.9 Å². The Balaban J connectivity index is 2.16. The summed E-state index contributed by atoms with van der Waals surface area (Å²) in [7, 11) is 0. The lowest BCUT2D eigenvalue weighted by molar-refractivity contribution is -0.130. The van der Waals surface area contributed by atoms with Gasteiger partial charge in [0, 0.05) is 10.6 Å². The van der Waals surface area contributed by atoms with Crippen molar-refractivity contribution < 1.29 is 19.1 Å². The zero-order valence-electron chi connectivity index (χ0n) is 15.5. The Bertz CT molecular complexity index is 844. The highest BCUT2D eigenvalue weighted by molar-refractivity contribution is 7.12. The molecule has 2 N–H and O–H groups in total. The molecule has 1 aromatic heterocycles. The molecule has 0 aliphatic heterocycles. The predicted molar refractivity (Wildman–Crippen MR) is 106 cm³/mol. The molecule has 27 heavy (non-hydrogen) atoms. The first-order chi connectivity index (χ1) is 12.6. The molecule has 0 fully saturated rings. The van der Waals surface area contributed by atoms with Gasteiger partial charge in [0.2, 0.25) is 0 Å². The standard InChI is InChI=1S/C19H21ClN2O4S/c1-11(16(23)22-19(2,3)4)26-18(25)13-8-7-12(20)10-14(13)21-17(24)15-6-5-9-27-15/h5-11H,1-4H3,(H,21,24)(H,22,23)/t11-/m0/s1. The van der Waals surface area contributed by atoms with E-state index < -0.39 is 23.5 Å². The van der Waals surface area contributed by atoms with E-state index in [0.717, 1.165) is 0 Å². The van der Waals surface area contributed by atoms with Crippen molar-refractivity contribution in [2.24, 2.45) is 0 Å². The van der Waals surface area contributed by atoms with E-state index >= 15 is 0 Å². The van der Waals surface area contributed by atoms with Gasteiger partial charge in [-0.3, -0.25) is 9.59 Å². The number of amides is 2. The molecule has 6 nitrogen and oxygen atoms in total. The van der Waals surface area contributed by atoms with Gasteiger partial charge in [-0.05, 0) is 57.3 Å². The SMILES string of the molecule is C[C@H](OC(=O)c1ccc(Cl)cc1NC(=O)c1cccs1)C(=O)NC(C)(C)C. The third-order valence-electron chi connectivity index (χ3n) is 3.35. The molecule has 2 amide bonds. The maximum Gasteiger partial charge on any atom is 0.341 e. The van der Waals surface area contributed by atoms with Crippen molar-refractivity contribution >= 4 is 46.4 Å². The first-order valence-corrected chi connectivity index (χ1v) is 9.50. The van der Waals surface area contributed by atoms with Gasteiger partial charge in [-0.15, -0.1) is 11.3 Å². The van der Waals surface area contributed by atoms with E-state index in [0.29, 0.717) is 9.90 Å². The molecule has 1 heterocycles. The average Bonchev–Trinajstić information content (AvgIpc) is 3.07. The second-order valence-corrected chi connectivity index (χ2v) is 8.29. The first-order valence-electron chi connectivity index (χ1n) is 8.24. The maximum absolute atomic E-state index is 12.5. The van der Waals surface area contributed by atoms with Gasteiger partial charge in [0.1, 0.15) is 0 Å². The number of rotatable bonds is 5. The van der Waals surface area contributed by atoms with Crippen molar-refractivity contribution in [1.29, 1.82) is 0 Å². The number of thiophene rings is 1. The van der Waals surface area contributed by atoms with Crippen LogP contribution in [0.4, 0.5) is 5.69 Å². The van der Waals surface area contributed by atoms with E-state index in [-0.39, 0.29) is 17.2 Å². The number of esters is 1. The van der Waals surface area contributed by atoms with E-state index in [1.165, 1.54) is 36.5 Å². The molecule has 2 aromatic rings. The summed E-state index contributed by atoms with van der Waals surface area (Å²) in [6.07, 6.45) is -0.992. The fourth-order valence-electron chi connectivity index (χ4n) is 2.14. The monoisotopic (exact) mass is 408 g/mol. The van der Waals surface area contributed by atoms with E-state index in [1.54, 1.807) is 17.5 Å². The van der Waals surface area contributed by atoms with Crippen LogP contribution in [0.15, 0.2) is 35.7 Å². The fraction of sp³-hybridized carbons (Fsp3) is 0.316. The van der Waals surface area contributed by atoms with Crippen LogP contribution in [0.2, 0.25) is 5.02 Å². The van der Waals surface area contributed by atoms with Gasteiger partial charge in [0.25, 0.3) is 11.8 Å². The van der Waals surface area contributed by atoms with E-state index in [9.17, 15) is 14.4 Å². The summed E-state index contributed by atoms with van der Waals surface area (Å²) in [4.78, 5) is 37.4. The molecular formula is C19H21ClN2O4S. The maximum atomic E-state index is 12.5. The number of benzene rings is 1. The zero-order chi connectivity index (χ0) is 20.2. The summed E-state index contributed by atoms with van der Waals surface area (Å²) in [6, 6.07) is 7.84. The Morgan fingerprint density at radius 1 is 1.19 bits per heavy atom. The topological polar surface area (TPSA) is 84.5 Å². The Morgan fingerprint density at radius 3 is 2.48 bits per heavy atom. The van der Waals surface area contributed by atoms with Gasteiger partial charge >= 0.3 is 5.97 Å². The molecule has 1 atom stereocenters. The first kappa shape index (κ1) is 20.9. The number of hydrogen-bond acceptors (Lipinski definition) is 5. The lowest BCUT2D eigenvalue weighted by Crippen LogP contribution is -2.46. The minimum Gasteiger partial charge on any atom is -0.449 e. The quantitative estimate of drug-likeness (QED) is 0.729. The number of carbonyl (C=O) groups is 3. The summed E-state index contributed by atoms with van der Waals surface area (Å²) in [5.74, 6) is -1.50. The van der Waals surface area contributed by atoms with Crippen molar-refractivity contribution in [2.45, 2.75) is 39.3 Å². The van der Waals surface area contributed by atoms with Crippen LogP contribution in [0.25, 0.3) is 0 Å². The van der Waals surface area contributed by atoms with Crippen molar-refractivity contribution in [3.63, 3.8) is 0 Å². The molecule has 0 unspecified atom stereocenters. The summed E-state index contributed by atoms with van der Waals surface area (Å²) in [5, 5.41) is 7.53. The van der Waals surface area contributed by atoms with Crippen LogP contribution in [0.5, 0.6) is 0 Å². The van der Waals surface area contributed by atoms with Gasteiger partial charge < -0.3 is 15.4 Å². The lowest BCUT2D eigenvalue weighted by Gasteiger charge is -2.23. The zero-order valence-corrected chi connectivity index (χ0v) is 17.0. The number of carbonyl (C=O) groups excluding carboxylic acids is 3. The number of anilines is 1. The summed E-state index contributed by atoms with van der Waals surface area (Å²) < 4.78 is 5.25. The number of halogens is 1. The lowest BCUT2D eigenvalue weighted by atomic mass is 10.1. The molecule has 0 aliphatic carbocycles. The molecule has 0 bridgehead atoms. The van der Waals surface area contributed by atoms with Crippen molar-refractivity contribution in [1.82, 2.24) is 5.32 Å². The molecule has 144 valence electrons. The Labute approximate surface area is 166 Å². The smallest absolute Gasteiger partial charge is 0.341 e. The average molecular weight is 409 g/mol. The van der Waals surface area contributed by atoms with Crippen LogP contribution in [-0.2, 0) is 9.53 Å². The van der Waals surface area contributed by atoms with Gasteiger partial charge in [-0.1, -0.05) is 17.7 Å². The Kier molecular flexibility index (Phi) is 6.62. The van der Waals surface area contributed by atoms with Gasteiger partial charge in [-0.2, -0.15) is 0 Å². The van der Waals surface area contributed by atoms with E-state index in [1.807, 2.05) is 20.8 Å². The highest BCUT2D eigenvalue weighted by Crippen LogP contribution is 2.24. The Hall–Kier alpha value is -2.38. The largest absolute Gasteiger partial charge is 0.449 e. The number of nitrogens with one attached hydrogen (secondary N) is 2. The molecular weight excluding hydrogens is 388 g/mol. The third kappa shape index (κ3) is 6.08. The molecule has 0 radical (unpaired) electrons. The molecule has 0 spiro atoms. The molecule has 2 rings (SSSR count). The highest BCUT2D eigenvalue weighted by Gasteiger charge is 2.24. The summed E-state index contributed by atoms with van der Waals surface area (Å²) >= 11 is 7.27. The minimum atomic E-state index is -0.992. The van der Waals surface area contributed by atoms with Crippen molar-refractivity contribution in [3.05, 3.63) is 51.2 Å². The Morgan fingerprint density at radius 2 is 1.89 bits per heavy atom. The number of ether oxygens (including phenoxy) is 1. The second-order valence-electron chi connectivity index (χ2n) is 6.91. The number of hydrogen-bond donors (Lipinski definition) is 2. The van der Waals surface area contributed by atoms with Crippen molar-refractivity contribution in [3.8, 4) is 0 Å². The van der Waals surface area contributed by atoms with Gasteiger partial charge in [0.15, 0.2) is 6.10 Å². The van der Waals surface area contributed by atoms with Crippen LogP contribution in [0.3, 0.4) is 0 Å². The summed E-state index contributed by atoms with van der Waals surface area (Å²) in [6.45, 7) is 6.98. The minimum absolute atomic E-state index is 0.111. The van der Waals surface area contributed by atoms with Crippen LogP contribution in [-0.4, -0.2) is 29.4 Å². The molecule has 1 aromatic carbocycles. The third-order valence-corrected chi connectivity index (χ3v) is 4.45. The predicted octanol–water partition coefficient (Wildman–Crippen LogP) is 4.11. The van der Waals surface area contributed by atoms with Gasteiger partial charge in [-0.25, -0.2) is 4.79 Å². The molecule has 0 aliphatic rings. The molecule has 0 saturated heterocycles.